The average Bonchev–Trinajstić information content (AvgIpc) is 2.03. The molecule has 0 aliphatic carbocycles. The highest BCUT2D eigenvalue weighted by Gasteiger charge is 2.06. The van der Waals surface area contributed by atoms with E-state index in [4.69, 9.17) is 0 Å². The molecule has 0 saturated carbocycles. The van der Waals surface area contributed by atoms with Crippen LogP contribution in [-0.4, -0.2) is 12.1 Å². The molecule has 1 aromatic rings. The zero-order valence-corrected chi connectivity index (χ0v) is 7.21. The van der Waals surface area contributed by atoms with Crippen LogP contribution in [0.5, 0.6) is 0 Å². The number of rotatable bonds is 3. The van der Waals surface area contributed by atoms with Crippen LogP contribution in [0.4, 0.5) is 4.39 Å². The zero-order valence-electron chi connectivity index (χ0n) is 7.21. The van der Waals surface area contributed by atoms with Crippen LogP contribution < -0.4 is 0 Å². The largest absolute Gasteiger partial charge is 0.303 e. The lowest BCUT2D eigenvalue weighted by Crippen LogP contribution is -2.00. The minimum atomic E-state index is -0.450. The van der Waals surface area contributed by atoms with Crippen LogP contribution in [0.15, 0.2) is 18.2 Å². The van der Waals surface area contributed by atoms with Crippen LogP contribution in [0, 0.1) is 12.7 Å². The minimum Gasteiger partial charge on any atom is -0.303 e. The Morgan fingerprint density at radius 3 is 2.69 bits per heavy atom. The van der Waals surface area contributed by atoms with Crippen molar-refractivity contribution in [1.29, 1.82) is 0 Å². The maximum atomic E-state index is 12.8. The summed E-state index contributed by atoms with van der Waals surface area (Å²) in [4.78, 5) is 21.2. The van der Waals surface area contributed by atoms with Crippen molar-refractivity contribution in [3.63, 3.8) is 0 Å². The number of aldehydes is 1. The summed E-state index contributed by atoms with van der Waals surface area (Å²) in [7, 11) is 0. The smallest absolute Gasteiger partial charge is 0.170 e. The van der Waals surface area contributed by atoms with E-state index in [0.717, 1.165) is 6.07 Å². The number of carbonyl (C=O) groups excluding carboxylic acids is 2. The Morgan fingerprint density at radius 2 is 2.15 bits per heavy atom. The van der Waals surface area contributed by atoms with Gasteiger partial charge in [0.15, 0.2) is 5.78 Å². The summed E-state index contributed by atoms with van der Waals surface area (Å²) >= 11 is 0. The van der Waals surface area contributed by atoms with Crippen molar-refractivity contribution in [2.24, 2.45) is 0 Å². The van der Waals surface area contributed by atoms with Gasteiger partial charge in [0.2, 0.25) is 0 Å². The maximum Gasteiger partial charge on any atom is 0.170 e. The van der Waals surface area contributed by atoms with Gasteiger partial charge in [-0.25, -0.2) is 4.39 Å². The predicted octanol–water partition coefficient (Wildman–Crippen LogP) is 1.91. The molecule has 0 N–H and O–H groups in total. The standard InChI is InChI=1S/C10H9FO2/c1-7-4-8(6-9(11)5-7)10(13)2-3-12/h3-6H,2H2,1H3. The molecule has 1 aromatic carbocycles. The van der Waals surface area contributed by atoms with Gasteiger partial charge in [0, 0.05) is 5.56 Å². The molecule has 1 rings (SSSR count). The lowest BCUT2D eigenvalue weighted by Gasteiger charge is -1.99. The third-order valence-electron chi connectivity index (χ3n) is 1.63. The Kier molecular flexibility index (Phi) is 2.90. The second-order valence-corrected chi connectivity index (χ2v) is 2.81. The molecule has 0 aliphatic rings. The summed E-state index contributed by atoms with van der Waals surface area (Å²) in [6.07, 6.45) is 0.325. The van der Waals surface area contributed by atoms with E-state index in [0.29, 0.717) is 11.8 Å². The average molecular weight is 180 g/mol. The van der Waals surface area contributed by atoms with Gasteiger partial charge < -0.3 is 4.79 Å². The maximum absolute atomic E-state index is 12.8. The summed E-state index contributed by atoms with van der Waals surface area (Å²) in [5, 5.41) is 0. The normalized spacial score (nSPS) is 9.69. The van der Waals surface area contributed by atoms with Gasteiger partial charge >= 0.3 is 0 Å². The fourth-order valence-corrected chi connectivity index (χ4v) is 1.09. The van der Waals surface area contributed by atoms with Crippen molar-refractivity contribution < 1.29 is 14.0 Å². The third-order valence-corrected chi connectivity index (χ3v) is 1.63. The first-order valence-electron chi connectivity index (χ1n) is 3.87. The summed E-state index contributed by atoms with van der Waals surface area (Å²) in [5.74, 6) is -0.799. The number of benzene rings is 1. The Hall–Kier alpha value is -1.51. The first-order valence-corrected chi connectivity index (χ1v) is 3.87. The number of Topliss-reactive ketones (excluding diaryl/α,β-unsaturated/α-hetero) is 1. The molecular formula is C10H9FO2. The molecule has 0 fully saturated rings. The zero-order chi connectivity index (χ0) is 9.84. The van der Waals surface area contributed by atoms with Gasteiger partial charge in [-0.2, -0.15) is 0 Å². The fraction of sp³-hybridized carbons (Fsp3) is 0.200. The fourth-order valence-electron chi connectivity index (χ4n) is 1.09. The molecule has 0 heterocycles. The summed E-state index contributed by atoms with van der Waals surface area (Å²) in [6, 6.07) is 4.03. The lowest BCUT2D eigenvalue weighted by molar-refractivity contribution is -0.107. The van der Waals surface area contributed by atoms with Gasteiger partial charge in [0.25, 0.3) is 0 Å². The molecule has 2 nitrogen and oxygen atoms in total. The molecule has 0 aromatic heterocycles. The predicted molar refractivity (Wildman–Crippen MR) is 46.1 cm³/mol. The van der Waals surface area contributed by atoms with Gasteiger partial charge in [-0.3, -0.25) is 4.79 Å². The monoisotopic (exact) mass is 180 g/mol. The second kappa shape index (κ2) is 3.94. The number of ketones is 1. The Morgan fingerprint density at radius 1 is 1.46 bits per heavy atom. The third kappa shape index (κ3) is 2.47. The molecule has 0 spiro atoms. The molecule has 0 unspecified atom stereocenters. The van der Waals surface area contributed by atoms with E-state index < -0.39 is 5.82 Å². The number of carbonyl (C=O) groups is 2. The molecule has 3 heteroatoms. The topological polar surface area (TPSA) is 34.1 Å². The number of hydrogen-bond donors (Lipinski definition) is 0. The van der Waals surface area contributed by atoms with E-state index in [1.54, 1.807) is 13.0 Å². The molecule has 68 valence electrons. The lowest BCUT2D eigenvalue weighted by atomic mass is 10.1. The summed E-state index contributed by atoms with van der Waals surface area (Å²) < 4.78 is 12.8. The molecule has 0 aliphatic heterocycles. The molecule has 0 atom stereocenters. The van der Waals surface area contributed by atoms with E-state index in [2.05, 4.69) is 0 Å². The van der Waals surface area contributed by atoms with Crippen molar-refractivity contribution in [2.75, 3.05) is 0 Å². The highest BCUT2D eigenvalue weighted by molar-refractivity contribution is 6.02. The van der Waals surface area contributed by atoms with Gasteiger partial charge in [0.1, 0.15) is 12.1 Å². The van der Waals surface area contributed by atoms with Gasteiger partial charge in [0.05, 0.1) is 6.42 Å². The molecular weight excluding hydrogens is 171 g/mol. The van der Waals surface area contributed by atoms with Crippen molar-refractivity contribution in [1.82, 2.24) is 0 Å². The number of halogens is 1. The van der Waals surface area contributed by atoms with Crippen LogP contribution in [-0.2, 0) is 4.79 Å². The molecule has 0 saturated heterocycles. The second-order valence-electron chi connectivity index (χ2n) is 2.81. The molecule has 0 bridgehead atoms. The number of aryl methyl sites for hydroxylation is 1. The van der Waals surface area contributed by atoms with Crippen molar-refractivity contribution in [3.8, 4) is 0 Å². The van der Waals surface area contributed by atoms with Gasteiger partial charge in [-0.15, -0.1) is 0 Å². The van der Waals surface area contributed by atoms with Crippen molar-refractivity contribution >= 4 is 12.1 Å². The SMILES string of the molecule is Cc1cc(F)cc(C(=O)CC=O)c1. The Labute approximate surface area is 75.4 Å². The van der Waals surface area contributed by atoms with E-state index >= 15 is 0 Å². The first-order chi connectivity index (χ1) is 6.13. The molecule has 0 amide bonds. The van der Waals surface area contributed by atoms with Crippen LogP contribution >= 0.6 is 0 Å². The van der Waals surface area contributed by atoms with Gasteiger partial charge in [-0.05, 0) is 30.7 Å². The summed E-state index contributed by atoms with van der Waals surface area (Å²) in [5.41, 5.74) is 0.929. The van der Waals surface area contributed by atoms with E-state index in [1.165, 1.54) is 6.07 Å². The van der Waals surface area contributed by atoms with Crippen LogP contribution in [0.2, 0.25) is 0 Å². The highest BCUT2D eigenvalue weighted by Crippen LogP contribution is 2.09. The van der Waals surface area contributed by atoms with Crippen molar-refractivity contribution in [3.05, 3.63) is 35.1 Å². The van der Waals surface area contributed by atoms with E-state index in [1.807, 2.05) is 0 Å². The summed E-state index contributed by atoms with van der Waals surface area (Å²) in [6.45, 7) is 1.70. The Bertz CT molecular complexity index is 325. The van der Waals surface area contributed by atoms with Crippen LogP contribution in [0.1, 0.15) is 22.3 Å². The molecule has 0 radical (unpaired) electrons. The first kappa shape index (κ1) is 9.58. The minimum absolute atomic E-state index is 0.192. The van der Waals surface area contributed by atoms with E-state index in [9.17, 15) is 14.0 Å². The Balaban J connectivity index is 3.00. The van der Waals surface area contributed by atoms with E-state index in [-0.39, 0.29) is 17.8 Å². The van der Waals surface area contributed by atoms with Gasteiger partial charge in [-0.1, -0.05) is 0 Å². The molecule has 13 heavy (non-hydrogen) atoms. The number of hydrogen-bond acceptors (Lipinski definition) is 2. The van der Waals surface area contributed by atoms with Crippen molar-refractivity contribution in [2.45, 2.75) is 13.3 Å². The van der Waals surface area contributed by atoms with Crippen LogP contribution in [0.3, 0.4) is 0 Å². The quantitative estimate of drug-likeness (QED) is 0.404. The highest BCUT2D eigenvalue weighted by atomic mass is 19.1. The van der Waals surface area contributed by atoms with Crippen LogP contribution in [0.25, 0.3) is 0 Å².